The molecule has 4 aliphatic rings. The summed E-state index contributed by atoms with van der Waals surface area (Å²) >= 11 is 0. The molecule has 1 aromatic rings. The third-order valence-electron chi connectivity index (χ3n) is 6.61. The number of fused-ring (bicyclic) bond motifs is 2. The van der Waals surface area contributed by atoms with Gasteiger partial charge >= 0.3 is 5.97 Å². The maximum Gasteiger partial charge on any atom is 0.310 e. The highest BCUT2D eigenvalue weighted by molar-refractivity contribution is 5.91. The molecule has 1 spiro atoms. The van der Waals surface area contributed by atoms with Crippen molar-refractivity contribution in [1.82, 2.24) is 4.90 Å². The second-order valence-electron chi connectivity index (χ2n) is 7.98. The fourth-order valence-corrected chi connectivity index (χ4v) is 5.92. The Morgan fingerprint density at radius 2 is 2.16 bits per heavy atom. The van der Waals surface area contributed by atoms with Crippen molar-refractivity contribution in [3.63, 3.8) is 0 Å². The van der Waals surface area contributed by atoms with E-state index in [-0.39, 0.29) is 29.8 Å². The van der Waals surface area contributed by atoms with E-state index in [1.165, 1.54) is 0 Å². The van der Waals surface area contributed by atoms with Crippen LogP contribution in [0.1, 0.15) is 32.1 Å². The highest BCUT2D eigenvalue weighted by Gasteiger charge is 2.73. The standard InChI is InChI=1S/C19H21NO5/c1-9-8-10(2)16-19-6-5-11(25-19)13(18(22)23)14(19)17(21)20(16)15(9)12-4-3-7-24-12/h3-7,9-11,13-16H,8H2,1-2H3,(H,22,23)/t9-,10-,11+,13+,14-,15+,16-,19-/m0/s1. The van der Waals surface area contributed by atoms with Crippen molar-refractivity contribution in [2.24, 2.45) is 23.7 Å². The van der Waals surface area contributed by atoms with Gasteiger partial charge in [-0.3, -0.25) is 9.59 Å². The maximum absolute atomic E-state index is 13.4. The zero-order valence-corrected chi connectivity index (χ0v) is 14.2. The Morgan fingerprint density at radius 1 is 1.36 bits per heavy atom. The van der Waals surface area contributed by atoms with Crippen molar-refractivity contribution >= 4 is 11.9 Å². The Bertz CT molecular complexity index is 771. The Balaban J connectivity index is 1.65. The molecule has 25 heavy (non-hydrogen) atoms. The van der Waals surface area contributed by atoms with Crippen LogP contribution in [-0.4, -0.2) is 39.6 Å². The quantitative estimate of drug-likeness (QED) is 0.833. The van der Waals surface area contributed by atoms with Crippen molar-refractivity contribution in [1.29, 1.82) is 0 Å². The van der Waals surface area contributed by atoms with E-state index >= 15 is 0 Å². The van der Waals surface area contributed by atoms with Crippen LogP contribution in [0.3, 0.4) is 0 Å². The average molecular weight is 343 g/mol. The van der Waals surface area contributed by atoms with Crippen LogP contribution < -0.4 is 0 Å². The second kappa shape index (κ2) is 4.75. The number of nitrogens with zero attached hydrogens (tertiary/aromatic N) is 1. The SMILES string of the molecule is C[C@H]1C[C@H](C)[C@H](c2ccco2)N2C(=O)[C@@H]3[C@H](C(=O)O)[C@H]4C=C[C@@]3(O4)[C@H]12. The zero-order valence-electron chi connectivity index (χ0n) is 14.2. The lowest BCUT2D eigenvalue weighted by Crippen LogP contribution is -2.54. The van der Waals surface area contributed by atoms with Crippen molar-refractivity contribution in [2.45, 2.75) is 44.1 Å². The first kappa shape index (κ1) is 15.2. The van der Waals surface area contributed by atoms with Gasteiger partial charge in [-0.2, -0.15) is 0 Å². The molecule has 6 nitrogen and oxygen atoms in total. The molecule has 1 amide bonds. The molecule has 6 heteroatoms. The summed E-state index contributed by atoms with van der Waals surface area (Å²) in [5.74, 6) is -1.28. The fourth-order valence-electron chi connectivity index (χ4n) is 5.92. The number of ether oxygens (including phenoxy) is 1. The van der Waals surface area contributed by atoms with Crippen LogP contribution in [0, 0.1) is 23.7 Å². The van der Waals surface area contributed by atoms with Gasteiger partial charge in [0.15, 0.2) is 0 Å². The van der Waals surface area contributed by atoms with Crippen molar-refractivity contribution < 1.29 is 23.8 Å². The number of amides is 1. The number of carbonyl (C=O) groups is 2. The summed E-state index contributed by atoms with van der Waals surface area (Å²) in [6.45, 7) is 4.26. The number of hydrogen-bond donors (Lipinski definition) is 1. The van der Waals surface area contributed by atoms with Crippen LogP contribution in [0.5, 0.6) is 0 Å². The minimum atomic E-state index is -0.954. The van der Waals surface area contributed by atoms with Crippen LogP contribution in [0.25, 0.3) is 0 Å². The van der Waals surface area contributed by atoms with E-state index in [0.29, 0.717) is 0 Å². The summed E-state index contributed by atoms with van der Waals surface area (Å²) in [5.41, 5.74) is -0.810. The van der Waals surface area contributed by atoms with Gasteiger partial charge in [-0.05, 0) is 30.4 Å². The Labute approximate surface area is 145 Å². The van der Waals surface area contributed by atoms with E-state index in [9.17, 15) is 14.7 Å². The molecule has 0 aromatic carbocycles. The largest absolute Gasteiger partial charge is 0.481 e. The second-order valence-corrected chi connectivity index (χ2v) is 7.98. The zero-order chi connectivity index (χ0) is 17.5. The average Bonchev–Trinajstić information content (AvgIpc) is 3.30. The molecular formula is C19H21NO5. The van der Waals surface area contributed by atoms with E-state index in [1.54, 1.807) is 6.26 Å². The molecule has 5 heterocycles. The van der Waals surface area contributed by atoms with Gasteiger partial charge in [-0.1, -0.05) is 26.0 Å². The predicted molar refractivity (Wildman–Crippen MR) is 86.4 cm³/mol. The van der Waals surface area contributed by atoms with Crippen molar-refractivity contribution in [3.05, 3.63) is 36.3 Å². The van der Waals surface area contributed by atoms with Crippen LogP contribution in [-0.2, 0) is 14.3 Å². The van der Waals surface area contributed by atoms with Gasteiger partial charge in [0.05, 0.1) is 30.4 Å². The topological polar surface area (TPSA) is 80.0 Å². The summed E-state index contributed by atoms with van der Waals surface area (Å²) in [6, 6.07) is 3.41. The fraction of sp³-hybridized carbons (Fsp3) is 0.579. The smallest absolute Gasteiger partial charge is 0.310 e. The van der Waals surface area contributed by atoms with Gasteiger partial charge in [-0.15, -0.1) is 0 Å². The first-order valence-electron chi connectivity index (χ1n) is 8.91. The number of furan rings is 1. The lowest BCUT2D eigenvalue weighted by Gasteiger charge is -2.47. The van der Waals surface area contributed by atoms with Crippen LogP contribution in [0.2, 0.25) is 0 Å². The van der Waals surface area contributed by atoms with E-state index in [4.69, 9.17) is 9.15 Å². The molecule has 0 saturated carbocycles. The van der Waals surface area contributed by atoms with Crippen LogP contribution in [0.4, 0.5) is 0 Å². The molecule has 5 rings (SSSR count). The Morgan fingerprint density at radius 3 is 2.84 bits per heavy atom. The van der Waals surface area contributed by atoms with Gasteiger partial charge in [0, 0.05) is 0 Å². The number of piperidine rings is 1. The molecule has 0 radical (unpaired) electrons. The number of carboxylic acids is 1. The van der Waals surface area contributed by atoms with Crippen LogP contribution >= 0.6 is 0 Å². The molecule has 1 N–H and O–H groups in total. The highest BCUT2D eigenvalue weighted by atomic mass is 16.5. The first-order chi connectivity index (χ1) is 12.0. The first-order valence-corrected chi connectivity index (χ1v) is 8.91. The van der Waals surface area contributed by atoms with Gasteiger partial charge in [-0.25, -0.2) is 0 Å². The molecule has 8 atom stereocenters. The Hall–Kier alpha value is -2.08. The summed E-state index contributed by atoms with van der Waals surface area (Å²) in [7, 11) is 0. The van der Waals surface area contributed by atoms with Gasteiger partial charge < -0.3 is 19.2 Å². The third-order valence-corrected chi connectivity index (χ3v) is 6.61. The van der Waals surface area contributed by atoms with Gasteiger partial charge in [0.25, 0.3) is 0 Å². The Kier molecular flexibility index (Phi) is 2.89. The normalized spacial score (nSPS) is 47.2. The summed E-state index contributed by atoms with van der Waals surface area (Å²) < 4.78 is 11.8. The lowest BCUT2D eigenvalue weighted by molar-refractivity contribution is -0.151. The highest BCUT2D eigenvalue weighted by Crippen LogP contribution is 2.61. The third kappa shape index (κ3) is 1.68. The van der Waals surface area contributed by atoms with Crippen molar-refractivity contribution in [3.8, 4) is 0 Å². The van der Waals surface area contributed by atoms with Gasteiger partial charge in [0.2, 0.25) is 5.91 Å². The van der Waals surface area contributed by atoms with Crippen molar-refractivity contribution in [2.75, 3.05) is 0 Å². The van der Waals surface area contributed by atoms with E-state index in [2.05, 4.69) is 13.8 Å². The number of carbonyl (C=O) groups excluding carboxylic acids is 1. The molecule has 132 valence electrons. The summed E-state index contributed by atoms with van der Waals surface area (Å²) in [5, 5.41) is 9.70. The lowest BCUT2D eigenvalue weighted by atomic mass is 9.70. The van der Waals surface area contributed by atoms with E-state index in [1.807, 2.05) is 29.2 Å². The molecule has 0 unspecified atom stereocenters. The molecular weight excluding hydrogens is 322 g/mol. The molecule has 0 aliphatic carbocycles. The molecule has 3 fully saturated rings. The van der Waals surface area contributed by atoms with E-state index < -0.39 is 29.5 Å². The maximum atomic E-state index is 13.4. The van der Waals surface area contributed by atoms with Gasteiger partial charge in [0.1, 0.15) is 17.3 Å². The number of rotatable bonds is 2. The minimum absolute atomic E-state index is 0.107. The monoisotopic (exact) mass is 343 g/mol. The number of aliphatic carboxylic acids is 1. The van der Waals surface area contributed by atoms with Crippen LogP contribution in [0.15, 0.2) is 35.0 Å². The number of carboxylic acid groups (broad SMARTS) is 1. The molecule has 4 aliphatic heterocycles. The minimum Gasteiger partial charge on any atom is -0.481 e. The van der Waals surface area contributed by atoms with E-state index in [0.717, 1.165) is 12.2 Å². The number of hydrogen-bond acceptors (Lipinski definition) is 4. The summed E-state index contributed by atoms with van der Waals surface area (Å²) in [4.78, 5) is 27.1. The molecule has 1 aromatic heterocycles. The summed E-state index contributed by atoms with van der Waals surface area (Å²) in [6.07, 6.45) is 5.85. The molecule has 3 saturated heterocycles. The molecule has 2 bridgehead atoms. The predicted octanol–water partition coefficient (Wildman–Crippen LogP) is 2.23.